The lowest BCUT2D eigenvalue weighted by Gasteiger charge is -2.54. The SMILES string of the molecule is CC1C2C(=CCC3C(C(=N)C=NO)C(C)[C@@H]13)C[C@@H]1CCCC21. The molecule has 4 aliphatic rings. The third kappa shape index (κ3) is 1.87. The molecular formula is C19H28N2O. The molecule has 4 aliphatic carbocycles. The fourth-order valence-electron chi connectivity index (χ4n) is 6.93. The topological polar surface area (TPSA) is 56.4 Å². The van der Waals surface area contributed by atoms with Crippen LogP contribution in [0.2, 0.25) is 0 Å². The third-order valence-corrected chi connectivity index (χ3v) is 7.62. The molecule has 0 saturated heterocycles. The Hall–Kier alpha value is -1.12. The van der Waals surface area contributed by atoms with E-state index in [-0.39, 0.29) is 0 Å². The fraction of sp³-hybridized carbons (Fsp3) is 0.789. The Bertz CT molecular complexity index is 538. The van der Waals surface area contributed by atoms with Gasteiger partial charge in [-0.05, 0) is 67.1 Å². The van der Waals surface area contributed by atoms with Crippen molar-refractivity contribution in [1.29, 1.82) is 5.41 Å². The summed E-state index contributed by atoms with van der Waals surface area (Å²) in [5.74, 6) is 5.69. The zero-order valence-corrected chi connectivity index (χ0v) is 13.7. The van der Waals surface area contributed by atoms with Gasteiger partial charge < -0.3 is 10.6 Å². The minimum Gasteiger partial charge on any atom is -0.411 e. The van der Waals surface area contributed by atoms with Crippen molar-refractivity contribution in [2.45, 2.75) is 46.0 Å². The van der Waals surface area contributed by atoms with Crippen molar-refractivity contribution in [3.05, 3.63) is 11.6 Å². The van der Waals surface area contributed by atoms with Crippen LogP contribution in [0.4, 0.5) is 0 Å². The number of oxime groups is 1. The van der Waals surface area contributed by atoms with E-state index in [1.54, 1.807) is 5.57 Å². The molecule has 0 aliphatic heterocycles. The van der Waals surface area contributed by atoms with Crippen LogP contribution in [0.25, 0.3) is 0 Å². The van der Waals surface area contributed by atoms with E-state index in [0.29, 0.717) is 23.5 Å². The maximum atomic E-state index is 8.75. The molecule has 3 nitrogen and oxygen atoms in total. The quantitative estimate of drug-likeness (QED) is 0.338. The second-order valence-electron chi connectivity index (χ2n) is 8.28. The highest BCUT2D eigenvalue weighted by Crippen LogP contribution is 2.62. The first-order chi connectivity index (χ1) is 10.6. The maximum absolute atomic E-state index is 8.75. The summed E-state index contributed by atoms with van der Waals surface area (Å²) >= 11 is 0. The number of allylic oxidation sites excluding steroid dienone is 2. The Morgan fingerprint density at radius 2 is 2.09 bits per heavy atom. The van der Waals surface area contributed by atoms with E-state index in [0.717, 1.165) is 36.0 Å². The van der Waals surface area contributed by atoms with Crippen molar-refractivity contribution in [2.24, 2.45) is 52.5 Å². The van der Waals surface area contributed by atoms with Gasteiger partial charge in [-0.1, -0.05) is 37.1 Å². The van der Waals surface area contributed by atoms with Crippen LogP contribution in [-0.2, 0) is 0 Å². The second kappa shape index (κ2) is 5.21. The van der Waals surface area contributed by atoms with Crippen LogP contribution in [0.15, 0.2) is 16.8 Å². The van der Waals surface area contributed by atoms with Crippen LogP contribution >= 0.6 is 0 Å². The van der Waals surface area contributed by atoms with Gasteiger partial charge in [-0.25, -0.2) is 0 Å². The highest BCUT2D eigenvalue weighted by molar-refractivity contribution is 6.30. The molecule has 0 heterocycles. The molecule has 0 aromatic rings. The van der Waals surface area contributed by atoms with E-state index in [1.807, 2.05) is 0 Å². The first kappa shape index (κ1) is 14.5. The summed E-state index contributed by atoms with van der Waals surface area (Å²) in [6, 6.07) is 0. The molecule has 0 bridgehead atoms. The Labute approximate surface area is 133 Å². The molecule has 8 atom stereocenters. The van der Waals surface area contributed by atoms with Crippen molar-refractivity contribution in [3.8, 4) is 0 Å². The molecular weight excluding hydrogens is 272 g/mol. The molecule has 4 rings (SSSR count). The van der Waals surface area contributed by atoms with Gasteiger partial charge in [0.2, 0.25) is 0 Å². The summed E-state index contributed by atoms with van der Waals surface area (Å²) in [6.45, 7) is 4.80. The molecule has 2 N–H and O–H groups in total. The third-order valence-electron chi connectivity index (χ3n) is 7.62. The summed E-state index contributed by atoms with van der Waals surface area (Å²) < 4.78 is 0. The molecule has 6 unspecified atom stereocenters. The maximum Gasteiger partial charge on any atom is 0.0872 e. The van der Waals surface area contributed by atoms with E-state index in [4.69, 9.17) is 10.6 Å². The average Bonchev–Trinajstić information content (AvgIpc) is 3.00. The normalized spacial score (nSPS) is 49.8. The molecule has 120 valence electrons. The number of rotatable bonds is 2. The summed E-state index contributed by atoms with van der Waals surface area (Å²) in [4.78, 5) is 0. The number of hydrogen-bond acceptors (Lipinski definition) is 3. The van der Waals surface area contributed by atoms with Crippen molar-refractivity contribution in [3.63, 3.8) is 0 Å². The standard InChI is InChI=1S/C19H28N2O/c1-10-17-11(2)19(16(20)9-21-22)15(17)7-6-13-8-12-4-3-5-14(12)18(10)13/h6,9-12,14-15,17-20,22H,3-5,7-8H2,1-2H3/t10?,11?,12-,14?,15?,17+,18?,19?/m0/s1. The highest BCUT2D eigenvalue weighted by Gasteiger charge is 2.56. The molecule has 3 fully saturated rings. The predicted octanol–water partition coefficient (Wildman–Crippen LogP) is 4.37. The molecule has 3 heteroatoms. The van der Waals surface area contributed by atoms with Crippen molar-refractivity contribution in [1.82, 2.24) is 0 Å². The van der Waals surface area contributed by atoms with Crippen LogP contribution in [0.1, 0.15) is 46.0 Å². The average molecular weight is 300 g/mol. The Kier molecular flexibility index (Phi) is 3.43. The zero-order chi connectivity index (χ0) is 15.4. The Morgan fingerprint density at radius 3 is 2.86 bits per heavy atom. The van der Waals surface area contributed by atoms with Gasteiger partial charge in [0.05, 0.1) is 11.9 Å². The van der Waals surface area contributed by atoms with Gasteiger partial charge >= 0.3 is 0 Å². The summed E-state index contributed by atoms with van der Waals surface area (Å²) in [5.41, 5.74) is 2.28. The monoisotopic (exact) mass is 300 g/mol. The van der Waals surface area contributed by atoms with Crippen molar-refractivity contribution < 1.29 is 5.21 Å². The van der Waals surface area contributed by atoms with Crippen LogP contribution in [-0.4, -0.2) is 17.1 Å². The lowest BCUT2D eigenvalue weighted by molar-refractivity contribution is -0.0199. The van der Waals surface area contributed by atoms with E-state index < -0.39 is 0 Å². The van der Waals surface area contributed by atoms with Crippen LogP contribution < -0.4 is 0 Å². The fourth-order valence-corrected chi connectivity index (χ4v) is 6.93. The summed E-state index contributed by atoms with van der Waals surface area (Å²) in [7, 11) is 0. The molecule has 0 spiro atoms. The predicted molar refractivity (Wildman–Crippen MR) is 88.4 cm³/mol. The van der Waals surface area contributed by atoms with Gasteiger partial charge in [0.1, 0.15) is 0 Å². The van der Waals surface area contributed by atoms with Gasteiger partial charge in [0.15, 0.2) is 0 Å². The van der Waals surface area contributed by atoms with Crippen molar-refractivity contribution >= 4 is 11.9 Å². The van der Waals surface area contributed by atoms with E-state index in [9.17, 15) is 0 Å². The molecule has 3 saturated carbocycles. The number of nitrogens with zero attached hydrogens (tertiary/aromatic N) is 1. The largest absolute Gasteiger partial charge is 0.411 e. The summed E-state index contributed by atoms with van der Waals surface area (Å²) in [6.07, 6.45) is 10.7. The smallest absolute Gasteiger partial charge is 0.0872 e. The number of nitrogens with one attached hydrogen (secondary N) is 1. The van der Waals surface area contributed by atoms with Crippen LogP contribution in [0.3, 0.4) is 0 Å². The van der Waals surface area contributed by atoms with E-state index >= 15 is 0 Å². The van der Waals surface area contributed by atoms with Crippen LogP contribution in [0, 0.1) is 52.8 Å². The van der Waals surface area contributed by atoms with E-state index in [2.05, 4.69) is 25.1 Å². The minimum atomic E-state index is 0.290. The first-order valence-corrected chi connectivity index (χ1v) is 9.08. The zero-order valence-electron chi connectivity index (χ0n) is 13.7. The first-order valence-electron chi connectivity index (χ1n) is 9.08. The lowest BCUT2D eigenvalue weighted by Crippen LogP contribution is -2.52. The minimum absolute atomic E-state index is 0.290. The molecule has 0 aromatic heterocycles. The van der Waals surface area contributed by atoms with Crippen molar-refractivity contribution in [2.75, 3.05) is 0 Å². The molecule has 0 radical (unpaired) electrons. The van der Waals surface area contributed by atoms with E-state index in [1.165, 1.54) is 31.9 Å². The Balaban J connectivity index is 1.60. The summed E-state index contributed by atoms with van der Waals surface area (Å²) in [5, 5.41) is 20.0. The van der Waals surface area contributed by atoms with Gasteiger partial charge in [-0.15, -0.1) is 0 Å². The van der Waals surface area contributed by atoms with Gasteiger partial charge in [-0.3, -0.25) is 0 Å². The number of hydrogen-bond donors (Lipinski definition) is 2. The van der Waals surface area contributed by atoms with Gasteiger partial charge in [-0.2, -0.15) is 0 Å². The number of fused-ring (bicyclic) bond motifs is 4. The lowest BCUT2D eigenvalue weighted by atomic mass is 9.50. The second-order valence-corrected chi connectivity index (χ2v) is 8.28. The molecule has 0 aromatic carbocycles. The Morgan fingerprint density at radius 1 is 1.27 bits per heavy atom. The van der Waals surface area contributed by atoms with Gasteiger partial charge in [0.25, 0.3) is 0 Å². The highest BCUT2D eigenvalue weighted by atomic mass is 16.4. The van der Waals surface area contributed by atoms with Crippen LogP contribution in [0.5, 0.6) is 0 Å². The molecule has 22 heavy (non-hydrogen) atoms. The van der Waals surface area contributed by atoms with Gasteiger partial charge in [0, 0.05) is 5.92 Å². The molecule has 0 amide bonds.